The van der Waals surface area contributed by atoms with Gasteiger partial charge in [-0.15, -0.1) is 5.10 Å². The van der Waals surface area contributed by atoms with Crippen LogP contribution in [-0.4, -0.2) is 36.2 Å². The summed E-state index contributed by atoms with van der Waals surface area (Å²) in [6.07, 6.45) is 1.47. The summed E-state index contributed by atoms with van der Waals surface area (Å²) in [7, 11) is 0. The van der Waals surface area contributed by atoms with E-state index in [0.29, 0.717) is 5.95 Å². The van der Waals surface area contributed by atoms with Gasteiger partial charge in [-0.3, -0.25) is 19.5 Å². The summed E-state index contributed by atoms with van der Waals surface area (Å²) in [5, 5.41) is 10.7. The number of benzene rings is 2. The van der Waals surface area contributed by atoms with Crippen molar-refractivity contribution in [2.45, 2.75) is 27.3 Å². The van der Waals surface area contributed by atoms with Crippen molar-refractivity contribution >= 4 is 28.7 Å². The molecular formula is C22H22N6O2. The highest BCUT2D eigenvalue weighted by Crippen LogP contribution is 2.24. The summed E-state index contributed by atoms with van der Waals surface area (Å²) in [6.45, 7) is 5.59. The molecule has 0 aliphatic carbocycles. The van der Waals surface area contributed by atoms with Crippen molar-refractivity contribution in [2.75, 3.05) is 5.32 Å². The number of anilines is 1. The Morgan fingerprint density at radius 1 is 1.00 bits per heavy atom. The van der Waals surface area contributed by atoms with Crippen molar-refractivity contribution in [3.63, 3.8) is 0 Å². The van der Waals surface area contributed by atoms with Gasteiger partial charge in [0.05, 0.1) is 17.2 Å². The van der Waals surface area contributed by atoms with E-state index in [1.807, 2.05) is 79.9 Å². The Kier molecular flexibility index (Phi) is 4.91. The Bertz CT molecular complexity index is 1220. The van der Waals surface area contributed by atoms with Gasteiger partial charge in [0.25, 0.3) is 5.91 Å². The lowest BCUT2D eigenvalue weighted by Gasteiger charge is -2.15. The van der Waals surface area contributed by atoms with Crippen LogP contribution in [0.15, 0.2) is 60.8 Å². The number of imidazole rings is 1. The molecule has 4 aromatic rings. The lowest BCUT2D eigenvalue weighted by atomic mass is 9.91. The maximum atomic E-state index is 12.8. The molecule has 0 fully saturated rings. The van der Waals surface area contributed by atoms with Gasteiger partial charge in [-0.25, -0.2) is 9.67 Å². The van der Waals surface area contributed by atoms with Crippen molar-refractivity contribution in [3.05, 3.63) is 66.5 Å². The van der Waals surface area contributed by atoms with Crippen molar-refractivity contribution in [3.8, 4) is 5.69 Å². The van der Waals surface area contributed by atoms with E-state index < -0.39 is 11.3 Å². The molecule has 0 atom stereocenters. The Morgan fingerprint density at radius 2 is 1.70 bits per heavy atom. The van der Waals surface area contributed by atoms with Crippen LogP contribution in [-0.2, 0) is 11.3 Å². The van der Waals surface area contributed by atoms with Gasteiger partial charge in [0.15, 0.2) is 11.5 Å². The predicted octanol–water partition coefficient (Wildman–Crippen LogP) is 3.48. The summed E-state index contributed by atoms with van der Waals surface area (Å²) < 4.78 is 3.25. The molecule has 0 aliphatic heterocycles. The first kappa shape index (κ1) is 19.5. The largest absolute Gasteiger partial charge is 0.297 e. The molecule has 152 valence electrons. The fourth-order valence-corrected chi connectivity index (χ4v) is 2.98. The molecule has 0 unspecified atom stereocenters. The van der Waals surface area contributed by atoms with Gasteiger partial charge >= 0.3 is 0 Å². The summed E-state index contributed by atoms with van der Waals surface area (Å²) in [4.78, 5) is 29.6. The second kappa shape index (κ2) is 7.55. The number of nitrogens with zero attached hydrogens (tertiary/aromatic N) is 5. The summed E-state index contributed by atoms with van der Waals surface area (Å²) in [5.74, 6) is -0.0603. The van der Waals surface area contributed by atoms with Gasteiger partial charge in [-0.05, 0) is 24.3 Å². The third-order valence-corrected chi connectivity index (χ3v) is 4.71. The first-order valence-corrected chi connectivity index (χ1v) is 9.60. The second-order valence-corrected chi connectivity index (χ2v) is 8.02. The van der Waals surface area contributed by atoms with E-state index in [9.17, 15) is 9.59 Å². The second-order valence-electron chi connectivity index (χ2n) is 8.02. The van der Waals surface area contributed by atoms with Crippen LogP contribution < -0.4 is 5.32 Å². The summed E-state index contributed by atoms with van der Waals surface area (Å²) >= 11 is 0. The molecule has 8 heteroatoms. The SMILES string of the molecule is CC(C)(C)C(=O)Cn1cc(C(=O)Nc2nc3ccccc3n2-c2ccccc2)nn1. The molecule has 0 saturated heterocycles. The average Bonchev–Trinajstić information content (AvgIpc) is 3.32. The number of fused-ring (bicyclic) bond motifs is 1. The number of nitrogens with one attached hydrogen (secondary N) is 1. The highest BCUT2D eigenvalue weighted by Gasteiger charge is 2.23. The van der Waals surface area contributed by atoms with E-state index >= 15 is 0 Å². The molecule has 0 radical (unpaired) electrons. The van der Waals surface area contributed by atoms with E-state index in [2.05, 4.69) is 20.6 Å². The molecule has 0 spiro atoms. The number of aromatic nitrogens is 5. The Labute approximate surface area is 173 Å². The molecule has 2 aromatic carbocycles. The zero-order valence-electron chi connectivity index (χ0n) is 17.0. The van der Waals surface area contributed by atoms with E-state index in [1.165, 1.54) is 10.9 Å². The minimum absolute atomic E-state index is 0.00484. The van der Waals surface area contributed by atoms with Crippen molar-refractivity contribution in [1.29, 1.82) is 0 Å². The summed E-state index contributed by atoms with van der Waals surface area (Å²) in [6, 6.07) is 17.3. The van der Waals surface area contributed by atoms with E-state index in [4.69, 9.17) is 0 Å². The number of carbonyl (C=O) groups excluding carboxylic acids is 2. The van der Waals surface area contributed by atoms with E-state index in [0.717, 1.165) is 16.7 Å². The first-order chi connectivity index (χ1) is 14.3. The van der Waals surface area contributed by atoms with Crippen molar-refractivity contribution in [1.82, 2.24) is 24.5 Å². The molecule has 0 aliphatic rings. The molecule has 30 heavy (non-hydrogen) atoms. The number of para-hydroxylation sites is 3. The van der Waals surface area contributed by atoms with Gasteiger partial charge in [-0.2, -0.15) is 0 Å². The lowest BCUT2D eigenvalue weighted by molar-refractivity contribution is -0.127. The summed E-state index contributed by atoms with van der Waals surface area (Å²) in [5.41, 5.74) is 2.13. The van der Waals surface area contributed by atoms with Crippen LogP contribution in [0.3, 0.4) is 0 Å². The third kappa shape index (κ3) is 3.84. The van der Waals surface area contributed by atoms with Crippen molar-refractivity contribution in [2.24, 2.45) is 5.41 Å². The zero-order valence-corrected chi connectivity index (χ0v) is 17.0. The van der Waals surface area contributed by atoms with Crippen LogP contribution in [0.2, 0.25) is 0 Å². The Hall–Kier alpha value is -3.81. The minimum atomic E-state index is -0.491. The fraction of sp³-hybridized carbons (Fsp3) is 0.227. The van der Waals surface area contributed by atoms with Gasteiger partial charge in [0.2, 0.25) is 5.95 Å². The van der Waals surface area contributed by atoms with E-state index in [-0.39, 0.29) is 18.0 Å². The van der Waals surface area contributed by atoms with Crippen LogP contribution in [0, 0.1) is 5.41 Å². The zero-order chi connectivity index (χ0) is 21.3. The number of Topliss-reactive ketones (excluding diaryl/α,β-unsaturated/α-hetero) is 1. The first-order valence-electron chi connectivity index (χ1n) is 9.60. The highest BCUT2D eigenvalue weighted by molar-refractivity contribution is 6.02. The number of amides is 1. The van der Waals surface area contributed by atoms with E-state index in [1.54, 1.807) is 0 Å². The van der Waals surface area contributed by atoms with Crippen LogP contribution in [0.5, 0.6) is 0 Å². The molecule has 4 rings (SSSR count). The minimum Gasteiger partial charge on any atom is -0.297 e. The van der Waals surface area contributed by atoms with Gasteiger partial charge in [-0.1, -0.05) is 56.3 Å². The lowest BCUT2D eigenvalue weighted by Crippen LogP contribution is -2.25. The molecule has 2 aromatic heterocycles. The normalized spacial score (nSPS) is 11.6. The number of rotatable bonds is 5. The van der Waals surface area contributed by atoms with Gasteiger partial charge < -0.3 is 0 Å². The maximum absolute atomic E-state index is 12.8. The highest BCUT2D eigenvalue weighted by atomic mass is 16.2. The Morgan fingerprint density at radius 3 is 2.43 bits per heavy atom. The molecular weight excluding hydrogens is 380 g/mol. The van der Waals surface area contributed by atoms with Gasteiger partial charge in [0.1, 0.15) is 6.54 Å². The monoisotopic (exact) mass is 402 g/mol. The molecule has 1 amide bonds. The smallest absolute Gasteiger partial charge is 0.280 e. The predicted molar refractivity (Wildman–Crippen MR) is 114 cm³/mol. The molecule has 0 bridgehead atoms. The average molecular weight is 402 g/mol. The number of hydrogen-bond acceptors (Lipinski definition) is 5. The standard InChI is InChI=1S/C22H22N6O2/c1-22(2,3)19(29)14-27-13-17(25-26-27)20(30)24-21-23-16-11-7-8-12-18(16)28(21)15-9-5-4-6-10-15/h4-13H,14H2,1-3H3,(H,23,24,30). The van der Waals surface area contributed by atoms with Crippen LogP contribution in [0.1, 0.15) is 31.3 Å². The molecule has 0 saturated carbocycles. The Balaban J connectivity index is 1.62. The number of ketones is 1. The van der Waals surface area contributed by atoms with Crippen LogP contribution in [0.25, 0.3) is 16.7 Å². The van der Waals surface area contributed by atoms with Gasteiger partial charge in [0, 0.05) is 11.1 Å². The third-order valence-electron chi connectivity index (χ3n) is 4.71. The fourth-order valence-electron chi connectivity index (χ4n) is 2.98. The maximum Gasteiger partial charge on any atom is 0.280 e. The quantitative estimate of drug-likeness (QED) is 0.551. The van der Waals surface area contributed by atoms with Crippen molar-refractivity contribution < 1.29 is 9.59 Å². The van der Waals surface area contributed by atoms with Crippen LogP contribution in [0.4, 0.5) is 5.95 Å². The molecule has 1 N–H and O–H groups in total. The number of carbonyl (C=O) groups is 2. The topological polar surface area (TPSA) is 94.7 Å². The van der Waals surface area contributed by atoms with Crippen LogP contribution >= 0.6 is 0 Å². The number of hydrogen-bond donors (Lipinski definition) is 1. The molecule has 2 heterocycles. The molecule has 8 nitrogen and oxygen atoms in total.